The van der Waals surface area contributed by atoms with E-state index in [1.165, 1.54) is 25.7 Å². The van der Waals surface area contributed by atoms with Gasteiger partial charge in [0.1, 0.15) is 0 Å². The summed E-state index contributed by atoms with van der Waals surface area (Å²) in [5, 5.41) is 6.88. The maximum atomic E-state index is 5.77. The Morgan fingerprint density at radius 3 is 2.59 bits per heavy atom. The molecular weight excluding hydrogens is 457 g/mol. The Labute approximate surface area is 179 Å². The minimum absolute atomic E-state index is 0. The monoisotopic (exact) mass is 489 g/mol. The van der Waals surface area contributed by atoms with Gasteiger partial charge in [-0.1, -0.05) is 12.8 Å². The van der Waals surface area contributed by atoms with Gasteiger partial charge in [0.25, 0.3) is 0 Å². The van der Waals surface area contributed by atoms with Crippen molar-refractivity contribution in [2.24, 2.45) is 10.4 Å². The molecule has 0 aromatic heterocycles. The fourth-order valence-corrected chi connectivity index (χ4v) is 3.79. The third kappa shape index (κ3) is 6.14. The summed E-state index contributed by atoms with van der Waals surface area (Å²) >= 11 is 0. The van der Waals surface area contributed by atoms with Gasteiger partial charge in [-0.2, -0.15) is 0 Å². The van der Waals surface area contributed by atoms with Crippen LogP contribution in [0.3, 0.4) is 0 Å². The van der Waals surface area contributed by atoms with E-state index >= 15 is 0 Å². The zero-order valence-corrected chi connectivity index (χ0v) is 18.7. The van der Waals surface area contributed by atoms with Gasteiger partial charge in [-0.15, -0.1) is 24.0 Å². The number of methoxy groups -OCH3 is 1. The highest BCUT2D eigenvalue weighted by atomic mass is 127. The minimum Gasteiger partial charge on any atom is -0.490 e. The maximum Gasteiger partial charge on any atom is 0.195 e. The Morgan fingerprint density at radius 2 is 1.89 bits per heavy atom. The molecule has 152 valence electrons. The Kier molecular flexibility index (Phi) is 8.95. The summed E-state index contributed by atoms with van der Waals surface area (Å²) in [6.45, 7) is 3.12. The van der Waals surface area contributed by atoms with Gasteiger partial charge in [0.05, 0.1) is 13.2 Å². The fourth-order valence-electron chi connectivity index (χ4n) is 3.79. The predicted molar refractivity (Wildman–Crippen MR) is 120 cm³/mol. The van der Waals surface area contributed by atoms with Crippen molar-refractivity contribution in [1.29, 1.82) is 0 Å². The summed E-state index contributed by atoms with van der Waals surface area (Å²) < 4.78 is 16.8. The molecule has 2 N–H and O–H groups in total. The van der Waals surface area contributed by atoms with Gasteiger partial charge in [-0.05, 0) is 36.8 Å². The minimum atomic E-state index is 0. The van der Waals surface area contributed by atoms with Crippen LogP contribution in [0.15, 0.2) is 23.2 Å². The third-order valence-corrected chi connectivity index (χ3v) is 5.37. The molecule has 3 rings (SSSR count). The standard InChI is InChI=1S/C20H31N3O3.HI/c1-21-19(22-15-20(10-13-24-2)8-3-4-9-20)23-16-6-7-17-18(14-16)26-12-5-11-25-17;/h6-7,14H,3-5,8-13,15H2,1-2H3,(H2,21,22,23);1H. The molecule has 6 nitrogen and oxygen atoms in total. The van der Waals surface area contributed by atoms with Gasteiger partial charge in [0.15, 0.2) is 17.5 Å². The van der Waals surface area contributed by atoms with E-state index in [-0.39, 0.29) is 24.0 Å². The number of fused-ring (bicyclic) bond motifs is 1. The fraction of sp³-hybridized carbons (Fsp3) is 0.650. The second-order valence-corrected chi connectivity index (χ2v) is 7.21. The molecule has 0 atom stereocenters. The molecule has 0 radical (unpaired) electrons. The number of ether oxygens (including phenoxy) is 3. The largest absolute Gasteiger partial charge is 0.490 e. The lowest BCUT2D eigenvalue weighted by Crippen LogP contribution is -2.40. The van der Waals surface area contributed by atoms with Crippen LogP contribution >= 0.6 is 24.0 Å². The van der Waals surface area contributed by atoms with Crippen molar-refractivity contribution >= 4 is 35.6 Å². The predicted octanol–water partition coefficient (Wildman–Crippen LogP) is 4.05. The first-order valence-electron chi connectivity index (χ1n) is 9.61. The molecule has 0 spiro atoms. The molecule has 1 aliphatic carbocycles. The SMILES string of the molecule is CN=C(NCC1(CCOC)CCCC1)Nc1ccc2c(c1)OCCCO2.I. The number of guanidine groups is 1. The number of rotatable bonds is 6. The number of aliphatic imine (C=N–C) groups is 1. The average molecular weight is 489 g/mol. The quantitative estimate of drug-likeness (QED) is 0.359. The first kappa shape index (κ1) is 22.1. The normalized spacial score (nSPS) is 18.4. The Balaban J connectivity index is 0.00000261. The number of nitrogens with zero attached hydrogens (tertiary/aromatic N) is 1. The lowest BCUT2D eigenvalue weighted by molar-refractivity contribution is 0.138. The van der Waals surface area contributed by atoms with Crippen molar-refractivity contribution in [1.82, 2.24) is 5.32 Å². The smallest absolute Gasteiger partial charge is 0.195 e. The zero-order valence-electron chi connectivity index (χ0n) is 16.4. The van der Waals surface area contributed by atoms with Crippen LogP contribution in [0.5, 0.6) is 11.5 Å². The van der Waals surface area contributed by atoms with Crippen LogP contribution < -0.4 is 20.1 Å². The molecule has 1 heterocycles. The number of benzene rings is 1. The first-order chi connectivity index (χ1) is 12.7. The van der Waals surface area contributed by atoms with E-state index in [0.29, 0.717) is 18.6 Å². The Bertz CT molecular complexity index is 618. The third-order valence-electron chi connectivity index (χ3n) is 5.37. The molecule has 0 bridgehead atoms. The zero-order chi connectivity index (χ0) is 18.2. The summed E-state index contributed by atoms with van der Waals surface area (Å²) in [4.78, 5) is 4.38. The maximum absolute atomic E-state index is 5.77. The lowest BCUT2D eigenvalue weighted by atomic mass is 9.83. The van der Waals surface area contributed by atoms with Gasteiger partial charge in [0, 0.05) is 45.5 Å². The van der Waals surface area contributed by atoms with E-state index in [2.05, 4.69) is 15.6 Å². The van der Waals surface area contributed by atoms with E-state index in [4.69, 9.17) is 14.2 Å². The topological polar surface area (TPSA) is 64.1 Å². The van der Waals surface area contributed by atoms with Gasteiger partial charge >= 0.3 is 0 Å². The van der Waals surface area contributed by atoms with Crippen LogP contribution in [0.1, 0.15) is 38.5 Å². The molecule has 1 saturated carbocycles. The highest BCUT2D eigenvalue weighted by molar-refractivity contribution is 14.0. The van der Waals surface area contributed by atoms with Crippen LogP contribution in [-0.4, -0.2) is 46.5 Å². The molecule has 1 aromatic rings. The second kappa shape index (κ2) is 10.9. The van der Waals surface area contributed by atoms with Crippen molar-refractivity contribution in [2.75, 3.05) is 45.8 Å². The number of hydrogen-bond donors (Lipinski definition) is 2. The van der Waals surface area contributed by atoms with Crippen molar-refractivity contribution in [2.45, 2.75) is 38.5 Å². The van der Waals surface area contributed by atoms with E-state index < -0.39 is 0 Å². The Morgan fingerprint density at radius 1 is 1.15 bits per heavy atom. The number of halogens is 1. The van der Waals surface area contributed by atoms with Crippen LogP contribution in [0.25, 0.3) is 0 Å². The number of hydrogen-bond acceptors (Lipinski definition) is 4. The van der Waals surface area contributed by atoms with Crippen molar-refractivity contribution < 1.29 is 14.2 Å². The number of nitrogens with one attached hydrogen (secondary N) is 2. The molecule has 7 heteroatoms. The highest BCUT2D eigenvalue weighted by Gasteiger charge is 2.33. The van der Waals surface area contributed by atoms with E-state index in [0.717, 1.165) is 49.1 Å². The Hall–Kier alpha value is -1.22. The summed E-state index contributed by atoms with van der Waals surface area (Å²) in [6.07, 6.45) is 7.12. The molecule has 27 heavy (non-hydrogen) atoms. The second-order valence-electron chi connectivity index (χ2n) is 7.21. The lowest BCUT2D eigenvalue weighted by Gasteiger charge is -2.30. The molecule has 0 saturated heterocycles. The van der Waals surface area contributed by atoms with Crippen LogP contribution in [0, 0.1) is 5.41 Å². The molecule has 0 unspecified atom stereocenters. The average Bonchev–Trinajstić information content (AvgIpc) is 3.01. The van der Waals surface area contributed by atoms with Gasteiger partial charge in [-0.3, -0.25) is 4.99 Å². The molecule has 0 amide bonds. The van der Waals surface area contributed by atoms with Gasteiger partial charge in [0.2, 0.25) is 0 Å². The summed E-state index contributed by atoms with van der Waals surface area (Å²) in [5.41, 5.74) is 1.26. The molecule has 1 fully saturated rings. The highest BCUT2D eigenvalue weighted by Crippen LogP contribution is 2.40. The van der Waals surface area contributed by atoms with Crippen molar-refractivity contribution in [3.05, 3.63) is 18.2 Å². The summed E-state index contributed by atoms with van der Waals surface area (Å²) in [6, 6.07) is 5.92. The molecular formula is C20H32IN3O3. The van der Waals surface area contributed by atoms with Crippen LogP contribution in [0.2, 0.25) is 0 Å². The summed E-state index contributed by atoms with van der Waals surface area (Å²) in [7, 11) is 3.58. The molecule has 1 aromatic carbocycles. The number of anilines is 1. The van der Waals surface area contributed by atoms with E-state index in [9.17, 15) is 0 Å². The van der Waals surface area contributed by atoms with Crippen LogP contribution in [-0.2, 0) is 4.74 Å². The van der Waals surface area contributed by atoms with Crippen molar-refractivity contribution in [3.8, 4) is 11.5 Å². The van der Waals surface area contributed by atoms with Crippen molar-refractivity contribution in [3.63, 3.8) is 0 Å². The van der Waals surface area contributed by atoms with Gasteiger partial charge < -0.3 is 24.8 Å². The summed E-state index contributed by atoms with van der Waals surface area (Å²) in [5.74, 6) is 2.37. The van der Waals surface area contributed by atoms with Crippen LogP contribution in [0.4, 0.5) is 5.69 Å². The molecule has 1 aliphatic heterocycles. The van der Waals surface area contributed by atoms with E-state index in [1.54, 1.807) is 14.2 Å². The molecule has 2 aliphatic rings. The first-order valence-corrected chi connectivity index (χ1v) is 9.61. The van der Waals surface area contributed by atoms with Gasteiger partial charge in [-0.25, -0.2) is 0 Å². The van der Waals surface area contributed by atoms with E-state index in [1.807, 2.05) is 18.2 Å².